The Hall–Kier alpha value is -6.63. The summed E-state index contributed by atoms with van der Waals surface area (Å²) in [4.78, 5) is 3.11. The fraction of sp³-hybridized carbons (Fsp3) is 0.284. The molecule has 11 heteroatoms. The number of hydrogen-bond acceptors (Lipinski definition) is 8. The van der Waals surface area contributed by atoms with Crippen LogP contribution >= 0.6 is 11.8 Å². The molecule has 0 saturated heterocycles. The second-order valence-corrected chi connectivity index (χ2v) is 27.2. The molecule has 8 rings (SSSR count). The fourth-order valence-electron chi connectivity index (χ4n) is 9.15. The van der Waals surface area contributed by atoms with Gasteiger partial charge in [0.25, 0.3) is 10.1 Å². The molecule has 0 amide bonds. The highest BCUT2D eigenvalue weighted by Crippen LogP contribution is 2.42. The van der Waals surface area contributed by atoms with Gasteiger partial charge in [-0.1, -0.05) is 141 Å². The molecule has 1 unspecified atom stereocenters. The Morgan fingerprint density at radius 3 is 1.29 bits per heavy atom. The Balaban J connectivity index is 0.866. The zero-order chi connectivity index (χ0) is 56.4. The normalized spacial score (nSPS) is 13.0. The molecule has 0 aliphatic heterocycles. The SMILES string of the molecule is CC(C)Oc1ccc(C(C)(C)c2ccc(Oc3ccc(Sc4ccc(C(C)(C)C(C)(C)Oc5ccc(C(C)(C)c6ccc(Oc7ccc(S(=O)c8ccc(C(C)(C)C)cc8)cc7)c(S(=O)(=O)O)c6)cc5)cc4)cc3)cc2)cc1. The lowest BCUT2D eigenvalue weighted by atomic mass is 9.72. The van der Waals surface area contributed by atoms with Crippen molar-refractivity contribution in [1.29, 1.82) is 0 Å². The van der Waals surface area contributed by atoms with Crippen LogP contribution < -0.4 is 18.9 Å². The highest BCUT2D eigenvalue weighted by Gasteiger charge is 2.41. The molecule has 0 saturated carbocycles. The van der Waals surface area contributed by atoms with E-state index in [1.807, 2.05) is 113 Å². The molecule has 1 atom stereocenters. The molecule has 0 fully saturated rings. The maximum atomic E-state index is 13.4. The fourth-order valence-corrected chi connectivity index (χ4v) is 11.6. The third-order valence-corrected chi connectivity index (χ3v) is 18.3. The van der Waals surface area contributed by atoms with E-state index in [0.29, 0.717) is 26.9 Å². The molecule has 0 heterocycles. The molecule has 406 valence electrons. The van der Waals surface area contributed by atoms with Crippen molar-refractivity contribution in [2.75, 3.05) is 0 Å². The predicted molar refractivity (Wildman–Crippen MR) is 317 cm³/mol. The van der Waals surface area contributed by atoms with E-state index in [-0.39, 0.29) is 27.6 Å². The van der Waals surface area contributed by atoms with Crippen molar-refractivity contribution in [3.05, 3.63) is 221 Å². The molecule has 0 radical (unpaired) electrons. The minimum absolute atomic E-state index is 0.0216. The molecule has 0 aliphatic rings. The summed E-state index contributed by atoms with van der Waals surface area (Å²) in [7, 11) is -6.12. The van der Waals surface area contributed by atoms with Gasteiger partial charge < -0.3 is 18.9 Å². The predicted octanol–water partition coefficient (Wildman–Crippen LogP) is 17.7. The summed E-state index contributed by atoms with van der Waals surface area (Å²) in [6, 6.07) is 60.5. The molecule has 78 heavy (non-hydrogen) atoms. The van der Waals surface area contributed by atoms with Gasteiger partial charge in [-0.15, -0.1) is 0 Å². The van der Waals surface area contributed by atoms with Crippen LogP contribution in [0.15, 0.2) is 213 Å². The van der Waals surface area contributed by atoms with Crippen molar-refractivity contribution < 1.29 is 36.1 Å². The Bertz CT molecular complexity index is 3470. The van der Waals surface area contributed by atoms with Crippen molar-refractivity contribution in [1.82, 2.24) is 0 Å². The summed E-state index contributed by atoms with van der Waals surface area (Å²) < 4.78 is 74.4. The summed E-state index contributed by atoms with van der Waals surface area (Å²) >= 11 is 1.69. The highest BCUT2D eigenvalue weighted by atomic mass is 32.2. The van der Waals surface area contributed by atoms with Crippen molar-refractivity contribution in [2.24, 2.45) is 0 Å². The maximum absolute atomic E-state index is 13.4. The average Bonchev–Trinajstić information content (AvgIpc) is 3.44. The van der Waals surface area contributed by atoms with Crippen LogP contribution in [-0.4, -0.2) is 28.9 Å². The van der Waals surface area contributed by atoms with Crippen LogP contribution in [0.4, 0.5) is 0 Å². The van der Waals surface area contributed by atoms with Crippen LogP contribution in [0.2, 0.25) is 0 Å². The van der Waals surface area contributed by atoms with Gasteiger partial charge >= 0.3 is 0 Å². The maximum Gasteiger partial charge on any atom is 0.298 e. The Kier molecular flexibility index (Phi) is 16.7. The monoisotopic (exact) mass is 1100 g/mol. The second kappa shape index (κ2) is 22.6. The number of rotatable bonds is 19. The largest absolute Gasteiger partial charge is 0.491 e. The van der Waals surface area contributed by atoms with Gasteiger partial charge in [0.1, 0.15) is 45.0 Å². The second-order valence-electron chi connectivity index (χ2n) is 23.2. The molecule has 8 nitrogen and oxygen atoms in total. The van der Waals surface area contributed by atoms with Crippen LogP contribution in [0, 0.1) is 0 Å². The van der Waals surface area contributed by atoms with Crippen molar-refractivity contribution in [3.8, 4) is 34.5 Å². The lowest BCUT2D eigenvalue weighted by Gasteiger charge is -2.42. The minimum atomic E-state index is -4.70. The Morgan fingerprint density at radius 2 is 0.821 bits per heavy atom. The standard InChI is InChI=1S/C67H72O8S3/c1-45(2)72-52-25-14-47(15-26-52)64(6,7)48-16-27-53(28-17-48)73-54-31-37-58(38-32-54)76-57-35-20-50(21-36-57)66(10,11)67(12,13)75-56-29-18-49(19-30-56)65(8,9)51-24-43-61(62(44-51)78(69,70)71)74-55-33-41-60(42-34-55)77(68)59-39-22-46(23-40-59)63(3,4)5/h14-45H,1-13H3,(H,69,70,71). The van der Waals surface area contributed by atoms with Crippen LogP contribution in [0.1, 0.15) is 123 Å². The van der Waals surface area contributed by atoms with E-state index in [4.69, 9.17) is 18.9 Å². The Morgan fingerprint density at radius 1 is 0.449 bits per heavy atom. The first-order chi connectivity index (χ1) is 36.6. The molecular weight excluding hydrogens is 1030 g/mol. The quantitative estimate of drug-likeness (QED) is 0.0792. The zero-order valence-corrected chi connectivity index (χ0v) is 49.5. The first-order valence-electron chi connectivity index (χ1n) is 26.3. The van der Waals surface area contributed by atoms with Gasteiger partial charge in [0, 0.05) is 35.8 Å². The van der Waals surface area contributed by atoms with E-state index in [9.17, 15) is 17.2 Å². The lowest BCUT2D eigenvalue weighted by molar-refractivity contribution is 0.0357. The minimum Gasteiger partial charge on any atom is -0.491 e. The highest BCUT2D eigenvalue weighted by molar-refractivity contribution is 7.99. The van der Waals surface area contributed by atoms with E-state index in [0.717, 1.165) is 43.7 Å². The smallest absolute Gasteiger partial charge is 0.298 e. The van der Waals surface area contributed by atoms with Gasteiger partial charge in [-0.3, -0.25) is 4.55 Å². The molecule has 0 spiro atoms. The third-order valence-electron chi connectivity index (χ3n) is 15.0. The van der Waals surface area contributed by atoms with E-state index in [1.54, 1.807) is 48.2 Å². The Labute approximate surface area is 469 Å². The van der Waals surface area contributed by atoms with Crippen LogP contribution in [0.3, 0.4) is 0 Å². The van der Waals surface area contributed by atoms with Gasteiger partial charge in [0.05, 0.1) is 16.9 Å². The van der Waals surface area contributed by atoms with E-state index >= 15 is 0 Å². The van der Waals surface area contributed by atoms with E-state index in [2.05, 4.69) is 123 Å². The van der Waals surface area contributed by atoms with Gasteiger partial charge in [0.15, 0.2) is 0 Å². The van der Waals surface area contributed by atoms with Gasteiger partial charge in [-0.2, -0.15) is 8.42 Å². The van der Waals surface area contributed by atoms with Crippen LogP contribution in [-0.2, 0) is 42.6 Å². The average molecular weight is 1100 g/mol. The first-order valence-corrected chi connectivity index (χ1v) is 29.7. The molecule has 0 bridgehead atoms. The molecule has 8 aromatic carbocycles. The zero-order valence-electron chi connectivity index (χ0n) is 47.0. The number of hydrogen-bond donors (Lipinski definition) is 1. The van der Waals surface area contributed by atoms with Crippen molar-refractivity contribution in [3.63, 3.8) is 0 Å². The van der Waals surface area contributed by atoms with Gasteiger partial charge in [0.2, 0.25) is 0 Å². The van der Waals surface area contributed by atoms with Crippen molar-refractivity contribution >= 4 is 32.7 Å². The summed E-state index contributed by atoms with van der Waals surface area (Å²) in [6.07, 6.45) is 0.135. The molecular formula is C67H72O8S3. The van der Waals surface area contributed by atoms with Crippen LogP contribution in [0.25, 0.3) is 0 Å². The summed E-state index contributed by atoms with van der Waals surface area (Å²) in [5.41, 5.74) is 4.34. The number of benzene rings is 8. The molecule has 1 N–H and O–H groups in total. The van der Waals surface area contributed by atoms with Gasteiger partial charge in [-0.05, 0) is 188 Å². The number of ether oxygens (including phenoxy) is 4. The third kappa shape index (κ3) is 13.3. The topological polar surface area (TPSA) is 108 Å². The first kappa shape index (κ1) is 57.5. The van der Waals surface area contributed by atoms with Gasteiger partial charge in [-0.25, -0.2) is 4.21 Å². The lowest BCUT2D eigenvalue weighted by Crippen LogP contribution is -2.47. The summed E-state index contributed by atoms with van der Waals surface area (Å²) in [5, 5.41) is 0. The van der Waals surface area contributed by atoms with Crippen LogP contribution in [0.5, 0.6) is 34.5 Å². The summed E-state index contributed by atoms with van der Waals surface area (Å²) in [5.74, 6) is 3.41. The van der Waals surface area contributed by atoms with Crippen molar-refractivity contribution in [2.45, 2.75) is 148 Å². The molecule has 0 aromatic heterocycles. The molecule has 8 aromatic rings. The van der Waals surface area contributed by atoms with E-state index in [1.165, 1.54) is 17.2 Å². The summed E-state index contributed by atoms with van der Waals surface area (Å²) in [6.45, 7) is 27.5. The molecule has 0 aliphatic carbocycles. The van der Waals surface area contributed by atoms with E-state index < -0.39 is 37.3 Å².